The predicted molar refractivity (Wildman–Crippen MR) is 61.9 cm³/mol. The summed E-state index contributed by atoms with van der Waals surface area (Å²) < 4.78 is 13.0. The number of hydrogen-bond donors (Lipinski definition) is 1. The highest BCUT2D eigenvalue weighted by Crippen LogP contribution is 2.37. The molecule has 17 heavy (non-hydrogen) atoms. The maximum atomic E-state index is 13.0. The van der Waals surface area contributed by atoms with Crippen molar-refractivity contribution in [3.63, 3.8) is 0 Å². The highest BCUT2D eigenvalue weighted by atomic mass is 19.1. The summed E-state index contributed by atoms with van der Waals surface area (Å²) in [6.45, 7) is 0. The summed E-state index contributed by atoms with van der Waals surface area (Å²) in [7, 11) is 0. The van der Waals surface area contributed by atoms with Crippen molar-refractivity contribution in [2.45, 2.75) is 31.7 Å². The van der Waals surface area contributed by atoms with Crippen molar-refractivity contribution >= 4 is 5.69 Å². The highest BCUT2D eigenvalue weighted by molar-refractivity contribution is 5.42. The summed E-state index contributed by atoms with van der Waals surface area (Å²) in [4.78, 5) is 10.3. The van der Waals surface area contributed by atoms with Gasteiger partial charge in [-0.25, -0.2) is 4.39 Å². The minimum atomic E-state index is -0.598. The molecule has 2 rings (SSSR count). The fraction of sp³-hybridized carbons (Fsp3) is 0.500. The molecule has 1 aromatic rings. The van der Waals surface area contributed by atoms with Gasteiger partial charge in [0.2, 0.25) is 0 Å². The van der Waals surface area contributed by atoms with Crippen LogP contribution in [0.2, 0.25) is 0 Å². The molecule has 1 fully saturated rings. The molecule has 1 aliphatic carbocycles. The Kier molecular flexibility index (Phi) is 3.38. The van der Waals surface area contributed by atoms with Crippen LogP contribution >= 0.6 is 0 Å². The molecule has 2 N–H and O–H groups in total. The lowest BCUT2D eigenvalue weighted by molar-refractivity contribution is -0.386. The smallest absolute Gasteiger partial charge is 0.277 e. The number of benzene rings is 1. The van der Waals surface area contributed by atoms with Crippen LogP contribution in [0, 0.1) is 21.8 Å². The molecule has 0 amide bonds. The van der Waals surface area contributed by atoms with Gasteiger partial charge >= 0.3 is 0 Å². The van der Waals surface area contributed by atoms with Crippen LogP contribution in [0.1, 0.15) is 37.3 Å². The molecule has 5 heteroatoms. The summed E-state index contributed by atoms with van der Waals surface area (Å²) in [6.07, 6.45) is 4.23. The Hall–Kier alpha value is -1.49. The van der Waals surface area contributed by atoms with E-state index in [0.717, 1.165) is 31.7 Å². The van der Waals surface area contributed by atoms with Crippen molar-refractivity contribution in [3.05, 3.63) is 39.7 Å². The van der Waals surface area contributed by atoms with Gasteiger partial charge in [0.1, 0.15) is 5.82 Å². The molecule has 0 unspecified atom stereocenters. The molecule has 0 bridgehead atoms. The van der Waals surface area contributed by atoms with Gasteiger partial charge in [0.25, 0.3) is 5.69 Å². The van der Waals surface area contributed by atoms with E-state index in [1.807, 2.05) is 0 Å². The maximum Gasteiger partial charge on any atom is 0.277 e. The third-order valence-electron chi connectivity index (χ3n) is 3.46. The predicted octanol–water partition coefficient (Wildman–Crippen LogP) is 2.92. The van der Waals surface area contributed by atoms with Crippen LogP contribution in [0.15, 0.2) is 18.2 Å². The zero-order valence-corrected chi connectivity index (χ0v) is 9.43. The summed E-state index contributed by atoms with van der Waals surface area (Å²) in [5, 5.41) is 10.9. The fourth-order valence-electron chi connectivity index (χ4n) is 2.53. The van der Waals surface area contributed by atoms with Gasteiger partial charge in [0, 0.05) is 11.6 Å². The molecule has 1 atom stereocenters. The Morgan fingerprint density at radius 1 is 1.41 bits per heavy atom. The van der Waals surface area contributed by atoms with Crippen molar-refractivity contribution in [1.82, 2.24) is 0 Å². The van der Waals surface area contributed by atoms with Crippen molar-refractivity contribution in [2.75, 3.05) is 0 Å². The number of halogens is 1. The molecule has 0 aliphatic heterocycles. The molecule has 1 aliphatic rings. The largest absolute Gasteiger partial charge is 0.324 e. The molecule has 92 valence electrons. The van der Waals surface area contributed by atoms with Gasteiger partial charge in [-0.2, -0.15) is 0 Å². The van der Waals surface area contributed by atoms with Crippen molar-refractivity contribution in [2.24, 2.45) is 11.7 Å². The van der Waals surface area contributed by atoms with Gasteiger partial charge < -0.3 is 5.73 Å². The van der Waals surface area contributed by atoms with Gasteiger partial charge in [-0.15, -0.1) is 0 Å². The van der Waals surface area contributed by atoms with Gasteiger partial charge in [-0.3, -0.25) is 10.1 Å². The fourth-order valence-corrected chi connectivity index (χ4v) is 2.53. The van der Waals surface area contributed by atoms with E-state index >= 15 is 0 Å². The van der Waals surface area contributed by atoms with E-state index in [2.05, 4.69) is 0 Å². The first-order chi connectivity index (χ1) is 8.09. The lowest BCUT2D eigenvalue weighted by Crippen LogP contribution is -2.20. The second-order valence-electron chi connectivity index (χ2n) is 4.53. The van der Waals surface area contributed by atoms with Crippen molar-refractivity contribution in [1.29, 1.82) is 0 Å². The van der Waals surface area contributed by atoms with Crippen LogP contribution in [-0.4, -0.2) is 4.92 Å². The topological polar surface area (TPSA) is 69.2 Å². The van der Waals surface area contributed by atoms with Gasteiger partial charge in [0.15, 0.2) is 0 Å². The minimum Gasteiger partial charge on any atom is -0.324 e. The molecule has 1 aromatic carbocycles. The van der Waals surface area contributed by atoms with Crippen LogP contribution in [-0.2, 0) is 0 Å². The first kappa shape index (κ1) is 12.0. The zero-order valence-electron chi connectivity index (χ0n) is 9.43. The standard InChI is InChI=1S/C12H15FN2O2/c13-9-5-6-10(11(7-9)15(16)17)12(14)8-3-1-2-4-8/h5-8,12H,1-4,14H2/t12-/m0/s1. The number of nitrogens with zero attached hydrogens (tertiary/aromatic N) is 1. The summed E-state index contributed by atoms with van der Waals surface area (Å²) in [5.74, 6) is -0.321. The van der Waals surface area contributed by atoms with Crippen LogP contribution in [0.4, 0.5) is 10.1 Å². The van der Waals surface area contributed by atoms with E-state index in [0.29, 0.717) is 5.56 Å². The monoisotopic (exact) mass is 238 g/mol. The Labute approximate surface area is 98.8 Å². The van der Waals surface area contributed by atoms with Crippen LogP contribution in [0.3, 0.4) is 0 Å². The molecule has 4 nitrogen and oxygen atoms in total. The van der Waals surface area contributed by atoms with Crippen LogP contribution in [0.5, 0.6) is 0 Å². The third-order valence-corrected chi connectivity index (χ3v) is 3.46. The number of nitro benzene ring substituents is 1. The Morgan fingerprint density at radius 3 is 2.65 bits per heavy atom. The SMILES string of the molecule is N[C@H](c1ccc(F)cc1[N+](=O)[O-])C1CCCC1. The maximum absolute atomic E-state index is 13.0. The Morgan fingerprint density at radius 2 is 2.06 bits per heavy atom. The molecule has 0 spiro atoms. The lowest BCUT2D eigenvalue weighted by atomic mass is 9.91. The quantitative estimate of drug-likeness (QED) is 0.650. The van der Waals surface area contributed by atoms with Crippen molar-refractivity contribution < 1.29 is 9.31 Å². The van der Waals surface area contributed by atoms with E-state index in [-0.39, 0.29) is 17.6 Å². The number of nitrogens with two attached hydrogens (primary N) is 1. The normalized spacial score (nSPS) is 18.2. The molecular weight excluding hydrogens is 223 g/mol. The molecule has 0 radical (unpaired) electrons. The van der Waals surface area contributed by atoms with Gasteiger partial charge in [0.05, 0.1) is 11.0 Å². The van der Waals surface area contributed by atoms with E-state index in [4.69, 9.17) is 5.73 Å². The van der Waals surface area contributed by atoms with Crippen LogP contribution < -0.4 is 5.73 Å². The van der Waals surface area contributed by atoms with E-state index < -0.39 is 10.7 Å². The molecule has 0 aromatic heterocycles. The van der Waals surface area contributed by atoms with Crippen molar-refractivity contribution in [3.8, 4) is 0 Å². The third kappa shape index (κ3) is 2.44. The van der Waals surface area contributed by atoms with E-state index in [1.54, 1.807) is 0 Å². The number of hydrogen-bond acceptors (Lipinski definition) is 3. The minimum absolute atomic E-state index is 0.204. The highest BCUT2D eigenvalue weighted by Gasteiger charge is 2.28. The van der Waals surface area contributed by atoms with Gasteiger partial charge in [-0.05, 0) is 30.9 Å². The van der Waals surface area contributed by atoms with E-state index in [1.165, 1.54) is 12.1 Å². The number of nitro groups is 1. The Balaban J connectivity index is 2.33. The first-order valence-electron chi connectivity index (χ1n) is 5.79. The second kappa shape index (κ2) is 4.79. The molecule has 1 saturated carbocycles. The van der Waals surface area contributed by atoms with Gasteiger partial charge in [-0.1, -0.05) is 12.8 Å². The summed E-state index contributed by atoms with van der Waals surface area (Å²) in [6, 6.07) is 3.26. The average Bonchev–Trinajstić information content (AvgIpc) is 2.81. The first-order valence-corrected chi connectivity index (χ1v) is 5.79. The lowest BCUT2D eigenvalue weighted by Gasteiger charge is -2.18. The van der Waals surface area contributed by atoms with E-state index in [9.17, 15) is 14.5 Å². The molecule has 0 saturated heterocycles. The molecule has 0 heterocycles. The van der Waals surface area contributed by atoms with Crippen LogP contribution in [0.25, 0.3) is 0 Å². The number of rotatable bonds is 3. The zero-order chi connectivity index (χ0) is 12.4. The average molecular weight is 238 g/mol. The summed E-state index contributed by atoms with van der Waals surface area (Å²) >= 11 is 0. The second-order valence-corrected chi connectivity index (χ2v) is 4.53. The molecular formula is C12H15FN2O2. The Bertz CT molecular complexity index is 431. The summed E-state index contributed by atoms with van der Waals surface area (Å²) in [5.41, 5.74) is 6.31.